The van der Waals surface area contributed by atoms with Crippen LogP contribution in [0.3, 0.4) is 0 Å². The number of amides is 1. The summed E-state index contributed by atoms with van der Waals surface area (Å²) < 4.78 is 23.8. The summed E-state index contributed by atoms with van der Waals surface area (Å²) in [5.41, 5.74) is 17.0. The number of carbonyl (C=O) groups excluding carboxylic acids is 1. The Hall–Kier alpha value is -1.17. The molecule has 18 heteroatoms. The number of rotatable bonds is 14. The number of hydrogen-bond donors (Lipinski definition) is 13. The summed E-state index contributed by atoms with van der Waals surface area (Å²) >= 11 is 0. The summed E-state index contributed by atoms with van der Waals surface area (Å²) in [4.78, 5) is 12.9. The van der Waals surface area contributed by atoms with Gasteiger partial charge in [0.15, 0.2) is 12.6 Å². The van der Waals surface area contributed by atoms with Crippen molar-refractivity contribution >= 4 is 5.91 Å². The van der Waals surface area contributed by atoms with Gasteiger partial charge in [0.05, 0.1) is 56.2 Å². The van der Waals surface area contributed by atoms with Crippen LogP contribution in [0.1, 0.15) is 26.2 Å². The van der Waals surface area contributed by atoms with Crippen molar-refractivity contribution < 1.29 is 59.5 Å². The van der Waals surface area contributed by atoms with E-state index in [0.29, 0.717) is 25.9 Å². The highest BCUT2D eigenvalue weighted by molar-refractivity contribution is 5.81. The minimum absolute atomic E-state index is 0.0363. The van der Waals surface area contributed by atoms with Crippen LogP contribution >= 0.6 is 0 Å². The first-order valence-corrected chi connectivity index (χ1v) is 14.9. The highest BCUT2D eigenvalue weighted by Gasteiger charge is 2.52. The molecule has 18 nitrogen and oxygen atoms in total. The lowest BCUT2D eigenvalue weighted by molar-refractivity contribution is -0.307. The normalized spacial score (nSPS) is 42.0. The van der Waals surface area contributed by atoms with Crippen molar-refractivity contribution in [3.8, 4) is 0 Å². The van der Waals surface area contributed by atoms with Gasteiger partial charge in [-0.1, -0.05) is 0 Å². The molecular weight excluding hydrogens is 588 g/mol. The minimum Gasteiger partial charge on any atom is -0.395 e. The maximum Gasteiger partial charge on any atom is 0.250 e. The zero-order valence-electron chi connectivity index (χ0n) is 25.1. The number of nitrogens with one attached hydrogen (secondary N) is 3. The zero-order chi connectivity index (χ0) is 32.8. The molecule has 44 heavy (non-hydrogen) atoms. The third-order valence-electron chi connectivity index (χ3n) is 8.49. The van der Waals surface area contributed by atoms with Crippen molar-refractivity contribution in [2.24, 2.45) is 17.2 Å². The molecule has 15 atom stereocenters. The number of hydrogen-bond acceptors (Lipinski definition) is 17. The second-order valence-electron chi connectivity index (χ2n) is 12.1. The molecule has 1 amide bonds. The Morgan fingerprint density at radius 3 is 2.39 bits per heavy atom. The Morgan fingerprint density at radius 1 is 1.07 bits per heavy atom. The van der Waals surface area contributed by atoms with Crippen molar-refractivity contribution in [3.05, 3.63) is 0 Å². The summed E-state index contributed by atoms with van der Waals surface area (Å²) in [5.74, 6) is -1.03. The smallest absolute Gasteiger partial charge is 0.250 e. The molecule has 6 unspecified atom stereocenters. The van der Waals surface area contributed by atoms with Crippen LogP contribution < -0.4 is 33.2 Å². The SMILES string of the molecule is CN[C@@H]1C(O)[C@@H](OC2C(O)C(O[C@H]3O[C@H](CNCCO)CCC3N)[C@@H](N)C[C@H]2NC(=O)[C@@H](O)[C@@H](N)[C@@H](O)CO)OCC1(C)O. The molecule has 0 radical (unpaired) electrons. The molecule has 258 valence electrons. The molecule has 2 saturated heterocycles. The number of aliphatic hydroxyl groups excluding tert-OH is 6. The van der Waals surface area contributed by atoms with Gasteiger partial charge in [0.2, 0.25) is 0 Å². The van der Waals surface area contributed by atoms with Gasteiger partial charge in [0.25, 0.3) is 5.91 Å². The molecule has 1 saturated carbocycles. The second-order valence-corrected chi connectivity index (χ2v) is 12.1. The van der Waals surface area contributed by atoms with Gasteiger partial charge in [-0.15, -0.1) is 0 Å². The molecule has 3 fully saturated rings. The Balaban J connectivity index is 1.81. The van der Waals surface area contributed by atoms with Crippen LogP contribution in [-0.4, -0.2) is 173 Å². The molecule has 0 aromatic heterocycles. The fourth-order valence-electron chi connectivity index (χ4n) is 5.89. The van der Waals surface area contributed by atoms with E-state index >= 15 is 0 Å². The van der Waals surface area contributed by atoms with E-state index in [2.05, 4.69) is 16.0 Å². The van der Waals surface area contributed by atoms with E-state index in [1.807, 2.05) is 0 Å². The van der Waals surface area contributed by atoms with Gasteiger partial charge in [-0.2, -0.15) is 0 Å². The first-order chi connectivity index (χ1) is 20.7. The van der Waals surface area contributed by atoms with Crippen LogP contribution in [0, 0.1) is 0 Å². The molecule has 3 rings (SSSR count). The first kappa shape index (κ1) is 37.3. The number of ether oxygens (including phenoxy) is 4. The van der Waals surface area contributed by atoms with Gasteiger partial charge in [-0.05, 0) is 33.2 Å². The molecular formula is C26H52N6O12. The van der Waals surface area contributed by atoms with E-state index in [0.717, 1.165) is 0 Å². The average Bonchev–Trinajstić information content (AvgIpc) is 2.98. The highest BCUT2D eigenvalue weighted by Crippen LogP contribution is 2.32. The largest absolute Gasteiger partial charge is 0.395 e. The minimum atomic E-state index is -1.94. The summed E-state index contributed by atoms with van der Waals surface area (Å²) in [7, 11) is 1.54. The van der Waals surface area contributed by atoms with Crippen molar-refractivity contribution in [2.75, 3.05) is 40.0 Å². The highest BCUT2D eigenvalue weighted by atomic mass is 16.7. The van der Waals surface area contributed by atoms with E-state index in [1.165, 1.54) is 14.0 Å². The second kappa shape index (κ2) is 16.6. The molecule has 0 bridgehead atoms. The number of nitrogens with two attached hydrogens (primary N) is 3. The molecule has 0 aromatic carbocycles. The van der Waals surface area contributed by atoms with Crippen molar-refractivity contribution in [1.82, 2.24) is 16.0 Å². The van der Waals surface area contributed by atoms with Crippen molar-refractivity contribution in [2.45, 2.75) is 117 Å². The molecule has 2 heterocycles. The maximum absolute atomic E-state index is 12.9. The van der Waals surface area contributed by atoms with E-state index < -0.39 is 97.5 Å². The first-order valence-electron chi connectivity index (χ1n) is 14.9. The average molecular weight is 641 g/mol. The Morgan fingerprint density at radius 2 is 1.75 bits per heavy atom. The van der Waals surface area contributed by atoms with Crippen molar-refractivity contribution in [3.63, 3.8) is 0 Å². The van der Waals surface area contributed by atoms with Gasteiger partial charge in [0.1, 0.15) is 36.1 Å². The van der Waals surface area contributed by atoms with E-state index in [4.69, 9.17) is 46.4 Å². The molecule has 2 aliphatic heterocycles. The Kier molecular flexibility index (Phi) is 14.1. The van der Waals surface area contributed by atoms with Crippen LogP contribution in [0.15, 0.2) is 0 Å². The van der Waals surface area contributed by atoms with Crippen molar-refractivity contribution in [1.29, 1.82) is 0 Å². The molecule has 0 aromatic rings. The summed E-state index contributed by atoms with van der Waals surface area (Å²) in [6.45, 7) is 1.23. The lowest BCUT2D eigenvalue weighted by Gasteiger charge is -2.49. The predicted molar refractivity (Wildman–Crippen MR) is 152 cm³/mol. The fraction of sp³-hybridized carbons (Fsp3) is 0.962. The molecule has 0 spiro atoms. The number of carbonyl (C=O) groups is 1. The van der Waals surface area contributed by atoms with E-state index in [9.17, 15) is 30.3 Å². The van der Waals surface area contributed by atoms with Crippen LogP contribution in [0.25, 0.3) is 0 Å². The lowest BCUT2D eigenvalue weighted by atomic mass is 9.83. The Labute approximate surface area is 256 Å². The topological polar surface area (TPSA) is 310 Å². The van der Waals surface area contributed by atoms with Gasteiger partial charge < -0.3 is 87.8 Å². The van der Waals surface area contributed by atoms with E-state index in [-0.39, 0.29) is 25.7 Å². The monoisotopic (exact) mass is 640 g/mol. The fourth-order valence-corrected chi connectivity index (χ4v) is 5.89. The number of aliphatic hydroxyl groups is 7. The third kappa shape index (κ3) is 9.00. The molecule has 16 N–H and O–H groups in total. The standard InChI is InChI=1S/C26H52N6O12/c1-26(40)10-41-25(19(38)22(26)30-2)44-21-14(32-23(39)17(36)16(29)15(35)9-34)7-13(28)20(18(21)37)43-24-12(27)4-3-11(42-24)8-31-5-6-33/h11-22,24-25,30-31,33-38,40H,3-10,27-29H2,1-2H3,(H,32,39)/t11-,12?,13-,14+,15-,16-,17-,18?,19?,20?,21?,22+,24+,25+,26?/m0/s1. The van der Waals surface area contributed by atoms with Gasteiger partial charge >= 0.3 is 0 Å². The quantitative estimate of drug-likeness (QED) is 0.0784. The molecule has 3 aliphatic rings. The lowest BCUT2D eigenvalue weighted by Crippen LogP contribution is -2.70. The maximum atomic E-state index is 12.9. The zero-order valence-corrected chi connectivity index (χ0v) is 25.1. The van der Waals surface area contributed by atoms with Gasteiger partial charge in [-0.25, -0.2) is 0 Å². The Bertz CT molecular complexity index is 894. The van der Waals surface area contributed by atoms with Gasteiger partial charge in [0, 0.05) is 19.1 Å². The van der Waals surface area contributed by atoms with E-state index in [1.54, 1.807) is 0 Å². The summed E-state index contributed by atoms with van der Waals surface area (Å²) in [6, 6.07) is -4.94. The van der Waals surface area contributed by atoms with Crippen LogP contribution in [-0.2, 0) is 23.7 Å². The number of likely N-dealkylation sites (N-methyl/N-ethyl adjacent to an activating group) is 1. The summed E-state index contributed by atoms with van der Waals surface area (Å²) in [6.07, 6.45) is -10.4. The predicted octanol–water partition coefficient (Wildman–Crippen LogP) is -7.15. The van der Waals surface area contributed by atoms with Crippen LogP contribution in [0.2, 0.25) is 0 Å². The summed E-state index contributed by atoms with van der Waals surface area (Å²) in [5, 5.41) is 80.0. The van der Waals surface area contributed by atoms with Crippen LogP contribution in [0.4, 0.5) is 0 Å². The third-order valence-corrected chi connectivity index (χ3v) is 8.49. The van der Waals surface area contributed by atoms with Gasteiger partial charge in [-0.3, -0.25) is 4.79 Å². The van der Waals surface area contributed by atoms with Crippen LogP contribution in [0.5, 0.6) is 0 Å². The molecule has 1 aliphatic carbocycles.